The van der Waals surface area contributed by atoms with Crippen molar-refractivity contribution in [2.45, 2.75) is 24.8 Å². The van der Waals surface area contributed by atoms with Gasteiger partial charge in [-0.25, -0.2) is 4.39 Å². The van der Waals surface area contributed by atoms with Gasteiger partial charge in [0.1, 0.15) is 5.82 Å². The molecule has 1 aliphatic rings. The van der Waals surface area contributed by atoms with Gasteiger partial charge in [-0.1, -0.05) is 18.2 Å². The Morgan fingerprint density at radius 1 is 1.35 bits per heavy atom. The highest BCUT2D eigenvalue weighted by atomic mass is 19.1. The first-order valence-corrected chi connectivity index (χ1v) is 6.31. The zero-order valence-electron chi connectivity index (χ0n) is 10.7. The topological polar surface area (TPSA) is 15.3 Å². The van der Waals surface area contributed by atoms with Gasteiger partial charge < -0.3 is 5.32 Å². The van der Waals surface area contributed by atoms with E-state index in [1.54, 1.807) is 12.1 Å². The van der Waals surface area contributed by atoms with Crippen molar-refractivity contribution >= 4 is 0 Å². The highest BCUT2D eigenvalue weighted by Gasteiger charge is 2.39. The predicted octanol–water partition coefficient (Wildman–Crippen LogP) is 2.36. The summed E-state index contributed by atoms with van der Waals surface area (Å²) < 4.78 is 14.1. The van der Waals surface area contributed by atoms with Gasteiger partial charge in [0.15, 0.2) is 0 Å². The molecule has 0 saturated carbocycles. The quantitative estimate of drug-likeness (QED) is 0.866. The largest absolute Gasteiger partial charge is 0.318 e. The van der Waals surface area contributed by atoms with Crippen molar-refractivity contribution in [2.24, 2.45) is 0 Å². The maximum Gasteiger partial charge on any atom is 0.128 e. The third-order valence-corrected chi connectivity index (χ3v) is 3.91. The minimum atomic E-state index is -0.182. The Balaban J connectivity index is 2.43. The monoisotopic (exact) mass is 236 g/mol. The first-order chi connectivity index (χ1) is 8.20. The van der Waals surface area contributed by atoms with E-state index in [4.69, 9.17) is 0 Å². The lowest BCUT2D eigenvalue weighted by Crippen LogP contribution is -2.53. The summed E-state index contributed by atoms with van der Waals surface area (Å²) in [6.07, 6.45) is 3.39. The summed E-state index contributed by atoms with van der Waals surface area (Å²) in [6, 6.07) is 7.18. The van der Waals surface area contributed by atoms with E-state index in [1.807, 2.05) is 19.2 Å². The number of likely N-dealkylation sites (tertiary alicyclic amines) is 1. The fraction of sp³-hybridized carbons (Fsp3) is 0.571. The Bertz CT molecular complexity index is 376. The standard InChI is InChI=1S/C14H21FN2/c1-16-11-14(9-5-6-10-17(14)2)12-7-3-4-8-13(12)15/h3-4,7-8,16H,5-6,9-11H2,1-2H3. The van der Waals surface area contributed by atoms with E-state index in [1.165, 1.54) is 12.8 Å². The molecule has 17 heavy (non-hydrogen) atoms. The van der Waals surface area contributed by atoms with Crippen LogP contribution in [-0.2, 0) is 5.54 Å². The molecule has 1 saturated heterocycles. The summed E-state index contributed by atoms with van der Waals surface area (Å²) in [4.78, 5) is 2.30. The summed E-state index contributed by atoms with van der Waals surface area (Å²) in [5.74, 6) is -0.0866. The third-order valence-electron chi connectivity index (χ3n) is 3.91. The van der Waals surface area contributed by atoms with E-state index in [-0.39, 0.29) is 11.4 Å². The second-order valence-corrected chi connectivity index (χ2v) is 4.92. The van der Waals surface area contributed by atoms with E-state index in [0.29, 0.717) is 0 Å². The number of hydrogen-bond acceptors (Lipinski definition) is 2. The van der Waals surface area contributed by atoms with Crippen LogP contribution < -0.4 is 5.32 Å². The normalized spacial score (nSPS) is 26.1. The number of nitrogens with one attached hydrogen (secondary N) is 1. The summed E-state index contributed by atoms with van der Waals surface area (Å²) in [7, 11) is 4.04. The fourth-order valence-electron chi connectivity index (χ4n) is 2.96. The molecule has 1 aliphatic heterocycles. The molecule has 0 aromatic heterocycles. The van der Waals surface area contributed by atoms with Gasteiger partial charge in [-0.3, -0.25) is 4.90 Å². The summed E-state index contributed by atoms with van der Waals surface area (Å²) >= 11 is 0. The van der Waals surface area contributed by atoms with Gasteiger partial charge >= 0.3 is 0 Å². The zero-order valence-corrected chi connectivity index (χ0v) is 10.7. The second-order valence-electron chi connectivity index (χ2n) is 4.92. The number of piperidine rings is 1. The van der Waals surface area contributed by atoms with Crippen LogP contribution in [0.2, 0.25) is 0 Å². The van der Waals surface area contributed by atoms with Crippen LogP contribution >= 0.6 is 0 Å². The smallest absolute Gasteiger partial charge is 0.128 e. The van der Waals surface area contributed by atoms with Crippen LogP contribution in [0, 0.1) is 5.82 Å². The summed E-state index contributed by atoms with van der Waals surface area (Å²) in [5.41, 5.74) is 0.648. The number of hydrogen-bond donors (Lipinski definition) is 1. The first-order valence-electron chi connectivity index (χ1n) is 6.31. The number of rotatable bonds is 3. The van der Waals surface area contributed by atoms with Crippen LogP contribution in [0.3, 0.4) is 0 Å². The Morgan fingerprint density at radius 2 is 2.12 bits per heavy atom. The van der Waals surface area contributed by atoms with Gasteiger partial charge in [0.05, 0.1) is 5.54 Å². The van der Waals surface area contributed by atoms with E-state index in [9.17, 15) is 4.39 Å². The van der Waals surface area contributed by atoms with E-state index >= 15 is 0 Å². The molecule has 0 spiro atoms. The lowest BCUT2D eigenvalue weighted by molar-refractivity contribution is 0.0682. The maximum atomic E-state index is 14.1. The van der Waals surface area contributed by atoms with Gasteiger partial charge in [0.25, 0.3) is 0 Å². The third kappa shape index (κ3) is 2.22. The van der Waals surface area contributed by atoms with Gasteiger partial charge in [-0.05, 0) is 46.0 Å². The van der Waals surface area contributed by atoms with Gasteiger partial charge in [-0.15, -0.1) is 0 Å². The van der Waals surface area contributed by atoms with Crippen molar-refractivity contribution in [3.8, 4) is 0 Å². The molecule has 1 aromatic rings. The van der Waals surface area contributed by atoms with Crippen molar-refractivity contribution in [3.63, 3.8) is 0 Å². The van der Waals surface area contributed by atoms with Gasteiger partial charge in [0, 0.05) is 12.1 Å². The second kappa shape index (κ2) is 5.15. The minimum absolute atomic E-state index is 0.0866. The molecule has 0 radical (unpaired) electrons. The van der Waals surface area contributed by atoms with Crippen LogP contribution in [0.15, 0.2) is 24.3 Å². The maximum absolute atomic E-state index is 14.1. The van der Waals surface area contributed by atoms with E-state index in [2.05, 4.69) is 17.3 Å². The van der Waals surface area contributed by atoms with Crippen LogP contribution in [0.5, 0.6) is 0 Å². The molecule has 1 fully saturated rings. The minimum Gasteiger partial charge on any atom is -0.318 e. The number of nitrogens with zero attached hydrogens (tertiary/aromatic N) is 1. The molecule has 2 nitrogen and oxygen atoms in total. The SMILES string of the molecule is CNCC1(c2ccccc2F)CCCCN1C. The number of halogens is 1. The fourth-order valence-corrected chi connectivity index (χ4v) is 2.96. The molecular formula is C14H21FN2. The van der Waals surface area contributed by atoms with E-state index in [0.717, 1.165) is 25.1 Å². The highest BCUT2D eigenvalue weighted by molar-refractivity contribution is 5.27. The Hall–Kier alpha value is -0.930. The molecule has 1 unspecified atom stereocenters. The molecule has 2 rings (SSSR count). The van der Waals surface area contributed by atoms with Crippen LogP contribution in [-0.4, -0.2) is 32.1 Å². The van der Waals surface area contributed by atoms with Crippen LogP contribution in [0.4, 0.5) is 4.39 Å². The number of likely N-dealkylation sites (N-methyl/N-ethyl adjacent to an activating group) is 2. The molecule has 0 bridgehead atoms. The summed E-state index contributed by atoms with van der Waals surface area (Å²) in [6.45, 7) is 1.83. The number of benzene rings is 1. The molecule has 0 amide bonds. The van der Waals surface area contributed by atoms with Crippen LogP contribution in [0.25, 0.3) is 0 Å². The Labute approximate surface area is 103 Å². The lowest BCUT2D eigenvalue weighted by Gasteiger charge is -2.46. The molecule has 94 valence electrons. The van der Waals surface area contributed by atoms with Crippen molar-refractivity contribution in [1.82, 2.24) is 10.2 Å². The zero-order chi connectivity index (χ0) is 12.3. The first kappa shape index (κ1) is 12.5. The predicted molar refractivity (Wildman–Crippen MR) is 68.5 cm³/mol. The van der Waals surface area contributed by atoms with Crippen molar-refractivity contribution in [3.05, 3.63) is 35.6 Å². The molecule has 1 heterocycles. The average molecular weight is 236 g/mol. The van der Waals surface area contributed by atoms with Gasteiger partial charge in [-0.2, -0.15) is 0 Å². The van der Waals surface area contributed by atoms with E-state index < -0.39 is 0 Å². The Kier molecular flexibility index (Phi) is 3.79. The molecular weight excluding hydrogens is 215 g/mol. The molecule has 1 atom stereocenters. The molecule has 3 heteroatoms. The molecule has 0 aliphatic carbocycles. The van der Waals surface area contributed by atoms with Crippen molar-refractivity contribution in [1.29, 1.82) is 0 Å². The average Bonchev–Trinajstić information content (AvgIpc) is 2.33. The van der Waals surface area contributed by atoms with Crippen molar-refractivity contribution in [2.75, 3.05) is 27.2 Å². The van der Waals surface area contributed by atoms with Crippen LogP contribution in [0.1, 0.15) is 24.8 Å². The molecule has 1 aromatic carbocycles. The highest BCUT2D eigenvalue weighted by Crippen LogP contribution is 2.37. The van der Waals surface area contributed by atoms with Gasteiger partial charge in [0.2, 0.25) is 0 Å². The lowest BCUT2D eigenvalue weighted by atomic mass is 9.80. The van der Waals surface area contributed by atoms with Crippen molar-refractivity contribution < 1.29 is 4.39 Å². The molecule has 1 N–H and O–H groups in total. The summed E-state index contributed by atoms with van der Waals surface area (Å²) in [5, 5.41) is 3.23. The Morgan fingerprint density at radius 3 is 2.76 bits per heavy atom.